The summed E-state index contributed by atoms with van der Waals surface area (Å²) < 4.78 is 31.0. The van der Waals surface area contributed by atoms with Crippen LogP contribution in [0.4, 0.5) is 0 Å². The van der Waals surface area contributed by atoms with Crippen molar-refractivity contribution in [2.75, 3.05) is 19.8 Å². The highest BCUT2D eigenvalue weighted by atomic mass is 31.2. The average molecular weight is 410 g/mol. The maximum atomic E-state index is 13.3. The molecule has 10 nitrogen and oxygen atoms in total. The third-order valence-electron chi connectivity index (χ3n) is 3.51. The topological polar surface area (TPSA) is 113 Å². The van der Waals surface area contributed by atoms with Gasteiger partial charge in [-0.3, -0.25) is 13.8 Å². The van der Waals surface area contributed by atoms with E-state index in [4.69, 9.17) is 13.8 Å². The summed E-state index contributed by atoms with van der Waals surface area (Å²) in [7, 11) is -4.01. The molecule has 28 heavy (non-hydrogen) atoms. The summed E-state index contributed by atoms with van der Waals surface area (Å²) >= 11 is 0. The van der Waals surface area contributed by atoms with Crippen molar-refractivity contribution < 1.29 is 27.9 Å². The van der Waals surface area contributed by atoms with E-state index >= 15 is 0 Å². The molecule has 2 rings (SSSR count). The maximum Gasteiger partial charge on any atom is 0.439 e. The molecular formula is C17H23N4O6P. The van der Waals surface area contributed by atoms with Crippen LogP contribution >= 0.6 is 7.75 Å². The van der Waals surface area contributed by atoms with Gasteiger partial charge in [0.25, 0.3) is 5.91 Å². The summed E-state index contributed by atoms with van der Waals surface area (Å²) in [4.78, 5) is 25.2. The molecule has 1 heterocycles. The summed E-state index contributed by atoms with van der Waals surface area (Å²) in [6, 6.07) is 8.26. The van der Waals surface area contributed by atoms with E-state index in [1.807, 2.05) is 0 Å². The molecule has 0 fully saturated rings. The van der Waals surface area contributed by atoms with Crippen molar-refractivity contribution in [3.8, 4) is 0 Å². The van der Waals surface area contributed by atoms with Gasteiger partial charge in [-0.15, -0.1) is 5.10 Å². The first-order valence-corrected chi connectivity index (χ1v) is 10.3. The fourth-order valence-corrected chi connectivity index (χ4v) is 3.96. The molecule has 11 heteroatoms. The van der Waals surface area contributed by atoms with Gasteiger partial charge in [-0.05, 0) is 32.9 Å². The van der Waals surface area contributed by atoms with E-state index in [1.165, 1.54) is 6.20 Å². The van der Waals surface area contributed by atoms with Gasteiger partial charge in [0.2, 0.25) is 0 Å². The Morgan fingerprint density at radius 3 is 2.29 bits per heavy atom. The molecule has 1 amide bonds. The van der Waals surface area contributed by atoms with Gasteiger partial charge in [-0.25, -0.2) is 18.7 Å². The van der Waals surface area contributed by atoms with Crippen LogP contribution in [-0.2, 0) is 25.0 Å². The molecule has 0 radical (unpaired) electrons. The van der Waals surface area contributed by atoms with Crippen LogP contribution in [0.2, 0.25) is 0 Å². The van der Waals surface area contributed by atoms with Crippen molar-refractivity contribution >= 4 is 19.6 Å². The molecule has 0 saturated heterocycles. The lowest BCUT2D eigenvalue weighted by atomic mass is 10.2. The Labute approximate surface area is 163 Å². The van der Waals surface area contributed by atoms with Crippen molar-refractivity contribution in [2.24, 2.45) is 0 Å². The number of esters is 1. The maximum absolute atomic E-state index is 13.3. The number of carbonyl (C=O) groups is 2. The zero-order valence-corrected chi connectivity index (χ0v) is 16.9. The van der Waals surface area contributed by atoms with Crippen LogP contribution in [0.25, 0.3) is 0 Å². The molecule has 0 unspecified atom stereocenters. The van der Waals surface area contributed by atoms with Gasteiger partial charge < -0.3 is 4.74 Å². The number of aromatic nitrogens is 3. The minimum absolute atomic E-state index is 0.00672. The van der Waals surface area contributed by atoms with Crippen LogP contribution in [0.3, 0.4) is 0 Å². The molecular weight excluding hydrogens is 387 g/mol. The molecule has 1 aromatic heterocycles. The lowest BCUT2D eigenvalue weighted by Crippen LogP contribution is -2.33. The monoisotopic (exact) mass is 410 g/mol. The Morgan fingerprint density at radius 1 is 1.07 bits per heavy atom. The lowest BCUT2D eigenvalue weighted by Gasteiger charge is -2.29. The van der Waals surface area contributed by atoms with E-state index in [0.29, 0.717) is 0 Å². The van der Waals surface area contributed by atoms with Gasteiger partial charge in [-0.1, -0.05) is 23.4 Å². The van der Waals surface area contributed by atoms with Gasteiger partial charge in [0.05, 0.1) is 26.0 Å². The quantitative estimate of drug-likeness (QED) is 0.434. The van der Waals surface area contributed by atoms with Crippen LogP contribution in [0.1, 0.15) is 41.6 Å². The number of carbonyl (C=O) groups excluding carboxylic acids is 2. The number of hydrogen-bond donors (Lipinski definition) is 0. The van der Waals surface area contributed by atoms with Gasteiger partial charge in [0.1, 0.15) is 6.67 Å². The van der Waals surface area contributed by atoms with Gasteiger partial charge in [0, 0.05) is 5.56 Å². The number of nitrogens with zero attached hydrogens (tertiary/aromatic N) is 4. The molecule has 0 atom stereocenters. The molecule has 0 aliphatic heterocycles. The third-order valence-corrected chi connectivity index (χ3v) is 5.57. The summed E-state index contributed by atoms with van der Waals surface area (Å²) in [5, 5.41) is 7.50. The Bertz CT molecular complexity index is 831. The molecule has 0 aliphatic rings. The van der Waals surface area contributed by atoms with Gasteiger partial charge in [-0.2, -0.15) is 0 Å². The SMILES string of the molecule is CCOC(=O)c1cnnn1CN(C(=O)c1ccccc1)P(=O)(OCC)OCC. The predicted molar refractivity (Wildman–Crippen MR) is 99.4 cm³/mol. The molecule has 0 N–H and O–H groups in total. The zero-order valence-electron chi connectivity index (χ0n) is 16.0. The molecule has 1 aromatic carbocycles. The first kappa shape index (κ1) is 21.7. The molecule has 152 valence electrons. The highest BCUT2D eigenvalue weighted by Crippen LogP contribution is 2.52. The smallest absolute Gasteiger partial charge is 0.439 e. The van der Waals surface area contributed by atoms with E-state index in [2.05, 4.69) is 10.3 Å². The molecule has 0 spiro atoms. The Hall–Kier alpha value is -2.55. The predicted octanol–water partition coefficient (Wildman–Crippen LogP) is 2.74. The van der Waals surface area contributed by atoms with Gasteiger partial charge in [0.15, 0.2) is 5.69 Å². The number of rotatable bonds is 10. The molecule has 0 saturated carbocycles. The van der Waals surface area contributed by atoms with Gasteiger partial charge >= 0.3 is 13.7 Å². The summed E-state index contributed by atoms with van der Waals surface area (Å²) in [5.74, 6) is -1.27. The summed E-state index contributed by atoms with van der Waals surface area (Å²) in [6.45, 7) is 4.82. The highest BCUT2D eigenvalue weighted by Gasteiger charge is 2.39. The van der Waals surface area contributed by atoms with Crippen molar-refractivity contribution in [3.05, 3.63) is 47.8 Å². The average Bonchev–Trinajstić information content (AvgIpc) is 3.15. The van der Waals surface area contributed by atoms with Crippen LogP contribution in [0.5, 0.6) is 0 Å². The largest absolute Gasteiger partial charge is 0.461 e. The molecule has 2 aromatic rings. The highest BCUT2D eigenvalue weighted by molar-refractivity contribution is 7.52. The third kappa shape index (κ3) is 5.03. The van der Waals surface area contributed by atoms with E-state index in [0.717, 1.165) is 9.35 Å². The Morgan fingerprint density at radius 2 is 1.71 bits per heavy atom. The molecule has 0 bridgehead atoms. The van der Waals surface area contributed by atoms with E-state index in [-0.39, 0.29) is 37.7 Å². The number of hydrogen-bond acceptors (Lipinski definition) is 8. The second kappa shape index (κ2) is 10.1. The standard InChI is InChI=1S/C17H23N4O6P/c1-4-25-17(23)15-12-18-19-20(15)13-21(28(24,26-5-2)27-6-3)16(22)14-10-8-7-9-11-14/h7-12H,4-6,13H2,1-3H3. The van der Waals surface area contributed by atoms with Crippen molar-refractivity contribution in [1.29, 1.82) is 0 Å². The van der Waals surface area contributed by atoms with Crippen LogP contribution in [0, 0.1) is 0 Å². The van der Waals surface area contributed by atoms with Crippen molar-refractivity contribution in [3.63, 3.8) is 0 Å². The fourth-order valence-electron chi connectivity index (χ4n) is 2.34. The van der Waals surface area contributed by atoms with Crippen LogP contribution in [-0.4, -0.2) is 51.4 Å². The minimum atomic E-state index is -4.01. The van der Waals surface area contributed by atoms with Crippen molar-refractivity contribution in [2.45, 2.75) is 27.4 Å². The zero-order chi connectivity index (χ0) is 20.6. The number of amides is 1. The summed E-state index contributed by atoms with van der Waals surface area (Å²) in [6.07, 6.45) is 1.20. The Kier molecular flexibility index (Phi) is 7.86. The first-order valence-electron chi connectivity index (χ1n) is 8.78. The first-order chi connectivity index (χ1) is 13.5. The van der Waals surface area contributed by atoms with Crippen LogP contribution < -0.4 is 0 Å². The fraction of sp³-hybridized carbons (Fsp3) is 0.412. The van der Waals surface area contributed by atoms with Crippen molar-refractivity contribution in [1.82, 2.24) is 19.7 Å². The van der Waals surface area contributed by atoms with Crippen LogP contribution in [0.15, 0.2) is 36.5 Å². The van der Waals surface area contributed by atoms with E-state index < -0.39 is 19.6 Å². The number of benzene rings is 1. The summed E-state index contributed by atoms with van der Waals surface area (Å²) in [5.41, 5.74) is 0.284. The second-order valence-electron chi connectivity index (χ2n) is 5.36. The number of ether oxygens (including phenoxy) is 1. The Balaban J connectivity index is 2.45. The lowest BCUT2D eigenvalue weighted by molar-refractivity contribution is 0.0499. The minimum Gasteiger partial charge on any atom is -0.461 e. The van der Waals surface area contributed by atoms with E-state index in [9.17, 15) is 14.2 Å². The normalized spacial score (nSPS) is 11.2. The van der Waals surface area contributed by atoms with E-state index in [1.54, 1.807) is 51.1 Å². The molecule has 0 aliphatic carbocycles. The second-order valence-corrected chi connectivity index (χ2v) is 7.29.